The van der Waals surface area contributed by atoms with Crippen molar-refractivity contribution in [3.05, 3.63) is 41.3 Å². The van der Waals surface area contributed by atoms with E-state index >= 15 is 0 Å². The van der Waals surface area contributed by atoms with Crippen LogP contribution in [0.1, 0.15) is 12.0 Å². The Morgan fingerprint density at radius 1 is 1.12 bits per heavy atom. The molecular formula is C12H14O2S3. The van der Waals surface area contributed by atoms with E-state index in [0.29, 0.717) is 0 Å². The molecule has 1 saturated heterocycles. The van der Waals surface area contributed by atoms with Gasteiger partial charge in [0, 0.05) is 5.41 Å². The molecule has 0 spiro atoms. The number of hydrogen-bond donors (Lipinski definition) is 0. The number of benzene rings is 1. The molecule has 0 amide bonds. The highest BCUT2D eigenvalue weighted by atomic mass is 32.3. The monoisotopic (exact) mass is 286 g/mol. The highest BCUT2D eigenvalue weighted by Gasteiger charge is 2.26. The van der Waals surface area contributed by atoms with Gasteiger partial charge < -0.3 is 0 Å². The molecule has 2 nitrogen and oxygen atoms in total. The van der Waals surface area contributed by atoms with Crippen molar-refractivity contribution in [1.29, 1.82) is 0 Å². The van der Waals surface area contributed by atoms with Crippen LogP contribution >= 0.6 is 23.5 Å². The highest BCUT2D eigenvalue weighted by molar-refractivity contribution is 8.30. The topological polar surface area (TPSA) is 34.1 Å². The van der Waals surface area contributed by atoms with Crippen LogP contribution in [-0.2, 0) is 9.84 Å². The minimum absolute atomic E-state index is 0.323. The van der Waals surface area contributed by atoms with Crippen molar-refractivity contribution in [2.24, 2.45) is 0 Å². The standard InChI is InChI=1S/C12H14O2S3/c13-17(14,12-15-8-4-9-16-12)10-7-11-5-2-1-3-6-11/h1-3,5-7,10,12H,4,8-9H2. The summed E-state index contributed by atoms with van der Waals surface area (Å²) in [7, 11) is -3.14. The molecule has 92 valence electrons. The van der Waals surface area contributed by atoms with Crippen LogP contribution in [0.25, 0.3) is 6.08 Å². The van der Waals surface area contributed by atoms with Gasteiger partial charge in [-0.2, -0.15) is 0 Å². The summed E-state index contributed by atoms with van der Waals surface area (Å²) in [4.78, 5) is 0. The van der Waals surface area contributed by atoms with Crippen LogP contribution in [0.3, 0.4) is 0 Å². The van der Waals surface area contributed by atoms with E-state index in [4.69, 9.17) is 0 Å². The first-order valence-electron chi connectivity index (χ1n) is 5.39. The predicted octanol–water partition coefficient (Wildman–Crippen LogP) is 3.23. The number of hydrogen-bond acceptors (Lipinski definition) is 4. The molecule has 1 aliphatic heterocycles. The molecule has 0 aliphatic carbocycles. The van der Waals surface area contributed by atoms with E-state index in [9.17, 15) is 8.42 Å². The zero-order valence-corrected chi connectivity index (χ0v) is 11.7. The third-order valence-electron chi connectivity index (χ3n) is 2.31. The Balaban J connectivity index is 2.09. The Bertz CT molecular complexity index is 474. The fourth-order valence-electron chi connectivity index (χ4n) is 1.46. The maximum absolute atomic E-state index is 12.0. The van der Waals surface area contributed by atoms with E-state index in [2.05, 4.69) is 0 Å². The molecule has 0 aromatic heterocycles. The van der Waals surface area contributed by atoms with Crippen molar-refractivity contribution in [3.8, 4) is 0 Å². The molecule has 1 aromatic rings. The second-order valence-electron chi connectivity index (χ2n) is 3.69. The molecule has 0 saturated carbocycles. The van der Waals surface area contributed by atoms with Gasteiger partial charge in [-0.25, -0.2) is 8.42 Å². The van der Waals surface area contributed by atoms with Crippen molar-refractivity contribution >= 4 is 39.4 Å². The Hall–Kier alpha value is -0.390. The number of thioether (sulfide) groups is 2. The summed E-state index contributed by atoms with van der Waals surface area (Å²) in [5.74, 6) is 1.88. The van der Waals surface area contributed by atoms with Crippen molar-refractivity contribution < 1.29 is 8.42 Å². The molecule has 1 aliphatic rings. The van der Waals surface area contributed by atoms with Crippen molar-refractivity contribution in [3.63, 3.8) is 0 Å². The largest absolute Gasteiger partial charge is 0.222 e. The predicted molar refractivity (Wildman–Crippen MR) is 77.7 cm³/mol. The zero-order chi connectivity index (χ0) is 12.1. The van der Waals surface area contributed by atoms with Gasteiger partial charge in [0.15, 0.2) is 13.8 Å². The molecule has 0 radical (unpaired) electrons. The van der Waals surface area contributed by atoms with E-state index in [1.54, 1.807) is 6.08 Å². The zero-order valence-electron chi connectivity index (χ0n) is 9.28. The SMILES string of the molecule is O=S(=O)(C=Cc1ccccc1)C1SCCCS1. The van der Waals surface area contributed by atoms with Crippen molar-refractivity contribution in [1.82, 2.24) is 0 Å². The third-order valence-corrected chi connectivity index (χ3v) is 8.20. The molecule has 1 aromatic carbocycles. The lowest BCUT2D eigenvalue weighted by molar-refractivity contribution is 0.607. The molecule has 0 unspecified atom stereocenters. The van der Waals surface area contributed by atoms with Gasteiger partial charge in [-0.05, 0) is 29.6 Å². The van der Waals surface area contributed by atoms with Gasteiger partial charge in [0.1, 0.15) is 0 Å². The van der Waals surface area contributed by atoms with Gasteiger partial charge in [0.25, 0.3) is 0 Å². The first-order valence-corrected chi connectivity index (χ1v) is 9.09. The van der Waals surface area contributed by atoms with Gasteiger partial charge in [0.05, 0.1) is 0 Å². The van der Waals surface area contributed by atoms with Crippen LogP contribution in [0, 0.1) is 0 Å². The fraction of sp³-hybridized carbons (Fsp3) is 0.333. The molecule has 0 bridgehead atoms. The fourth-order valence-corrected chi connectivity index (χ4v) is 6.56. The van der Waals surface area contributed by atoms with Crippen molar-refractivity contribution in [2.75, 3.05) is 11.5 Å². The molecule has 1 heterocycles. The Morgan fingerprint density at radius 2 is 1.76 bits per heavy atom. The maximum atomic E-state index is 12.0. The molecule has 1 fully saturated rings. The summed E-state index contributed by atoms with van der Waals surface area (Å²) in [6.45, 7) is 0. The summed E-state index contributed by atoms with van der Waals surface area (Å²) in [6.07, 6.45) is 2.77. The smallest absolute Gasteiger partial charge is 0.193 e. The van der Waals surface area contributed by atoms with Crippen LogP contribution in [0.4, 0.5) is 0 Å². The highest BCUT2D eigenvalue weighted by Crippen LogP contribution is 2.35. The quantitative estimate of drug-likeness (QED) is 0.854. The van der Waals surface area contributed by atoms with Crippen LogP contribution in [0.2, 0.25) is 0 Å². The Kier molecular flexibility index (Phi) is 4.59. The summed E-state index contributed by atoms with van der Waals surface area (Å²) in [5.41, 5.74) is 0.918. The molecular weight excluding hydrogens is 272 g/mol. The summed E-state index contributed by atoms with van der Waals surface area (Å²) in [6, 6.07) is 9.51. The lowest BCUT2D eigenvalue weighted by Crippen LogP contribution is -2.16. The summed E-state index contributed by atoms with van der Waals surface area (Å²) < 4.78 is 23.7. The molecule has 0 atom stereocenters. The number of rotatable bonds is 3. The van der Waals surface area contributed by atoms with Gasteiger partial charge in [0.2, 0.25) is 0 Å². The minimum Gasteiger partial charge on any atom is -0.222 e. The summed E-state index contributed by atoms with van der Waals surface area (Å²) in [5, 5.41) is 1.35. The minimum atomic E-state index is -3.14. The second-order valence-corrected chi connectivity index (χ2v) is 8.93. The van der Waals surface area contributed by atoms with E-state index in [-0.39, 0.29) is 3.91 Å². The first-order chi connectivity index (χ1) is 8.18. The maximum Gasteiger partial charge on any atom is 0.193 e. The first kappa shape index (κ1) is 13.1. The Labute approximate surface area is 111 Å². The molecule has 0 N–H and O–H groups in total. The van der Waals surface area contributed by atoms with E-state index in [1.165, 1.54) is 28.9 Å². The lowest BCUT2D eigenvalue weighted by Gasteiger charge is -2.18. The van der Waals surface area contributed by atoms with Crippen molar-refractivity contribution in [2.45, 2.75) is 10.3 Å². The second kappa shape index (κ2) is 5.98. The molecule has 2 rings (SSSR count). The average Bonchev–Trinajstić information content (AvgIpc) is 2.39. The molecule has 17 heavy (non-hydrogen) atoms. The van der Waals surface area contributed by atoms with E-state index in [0.717, 1.165) is 23.5 Å². The lowest BCUT2D eigenvalue weighted by atomic mass is 10.2. The molecule has 5 heteroatoms. The van der Waals surface area contributed by atoms with Gasteiger partial charge >= 0.3 is 0 Å². The number of sulfone groups is 1. The van der Waals surface area contributed by atoms with Crippen LogP contribution in [-0.4, -0.2) is 23.8 Å². The van der Waals surface area contributed by atoms with Gasteiger partial charge in [-0.15, -0.1) is 23.5 Å². The van der Waals surface area contributed by atoms with Crippen LogP contribution in [0.5, 0.6) is 0 Å². The van der Waals surface area contributed by atoms with Gasteiger partial charge in [-0.1, -0.05) is 30.3 Å². The van der Waals surface area contributed by atoms with Crippen LogP contribution in [0.15, 0.2) is 35.7 Å². The Morgan fingerprint density at radius 3 is 2.41 bits per heavy atom. The van der Waals surface area contributed by atoms with Crippen LogP contribution < -0.4 is 0 Å². The third kappa shape index (κ3) is 3.79. The van der Waals surface area contributed by atoms with E-state index < -0.39 is 9.84 Å². The van der Waals surface area contributed by atoms with E-state index in [1.807, 2.05) is 30.3 Å². The normalized spacial score (nSPS) is 18.6. The van der Waals surface area contributed by atoms with Gasteiger partial charge in [-0.3, -0.25) is 0 Å². The average molecular weight is 286 g/mol. The summed E-state index contributed by atoms with van der Waals surface area (Å²) >= 11 is 3.06.